The summed E-state index contributed by atoms with van der Waals surface area (Å²) in [4.78, 5) is 6.80. The average molecular weight is 372 g/mol. The number of aryl methyl sites for hydroxylation is 1. The van der Waals surface area contributed by atoms with E-state index in [9.17, 15) is 0 Å². The number of hydrogen-bond acceptors (Lipinski definition) is 4. The van der Waals surface area contributed by atoms with Gasteiger partial charge in [-0.15, -0.1) is 0 Å². The maximum absolute atomic E-state index is 5.45. The number of H-pyrrole nitrogens is 1. The Morgan fingerprint density at radius 2 is 1.61 bits per heavy atom. The molecule has 0 spiro atoms. The molecule has 0 atom stereocenters. The largest absolute Gasteiger partial charge is 0.378 e. The summed E-state index contributed by atoms with van der Waals surface area (Å²) in [6.45, 7) is 5.31. The highest BCUT2D eigenvalue weighted by Gasteiger charge is 2.13. The molecule has 3 aromatic rings. The lowest BCUT2D eigenvalue weighted by Gasteiger charge is -2.28. The summed E-state index contributed by atoms with van der Waals surface area (Å²) in [6, 6.07) is 20.7. The molecule has 0 radical (unpaired) electrons. The molecule has 1 aliphatic heterocycles. The molecule has 142 valence electrons. The van der Waals surface area contributed by atoms with Gasteiger partial charge in [-0.25, -0.2) is 4.98 Å². The van der Waals surface area contributed by atoms with E-state index in [2.05, 4.69) is 57.3 Å². The first-order valence-electron chi connectivity index (χ1n) is 9.54. The zero-order chi connectivity index (χ0) is 19.2. The Bertz CT molecular complexity index is 977. The highest BCUT2D eigenvalue weighted by Crippen LogP contribution is 2.24. The first-order valence-corrected chi connectivity index (χ1v) is 9.54. The van der Waals surface area contributed by atoms with E-state index in [1.165, 1.54) is 5.56 Å². The molecule has 1 saturated heterocycles. The molecule has 1 fully saturated rings. The van der Waals surface area contributed by atoms with Gasteiger partial charge in [0.1, 0.15) is 5.82 Å². The smallest absolute Gasteiger partial charge is 0.129 e. The molecular weight excluding hydrogens is 348 g/mol. The van der Waals surface area contributed by atoms with Crippen LogP contribution in [0, 0.1) is 6.92 Å². The van der Waals surface area contributed by atoms with Gasteiger partial charge in [0.15, 0.2) is 0 Å². The van der Waals surface area contributed by atoms with Gasteiger partial charge in [-0.2, -0.15) is 5.10 Å². The molecule has 0 aliphatic carbocycles. The molecule has 2 aromatic heterocycles. The van der Waals surface area contributed by atoms with Gasteiger partial charge < -0.3 is 9.64 Å². The maximum atomic E-state index is 5.45. The van der Waals surface area contributed by atoms with Gasteiger partial charge >= 0.3 is 0 Å². The van der Waals surface area contributed by atoms with Gasteiger partial charge in [-0.3, -0.25) is 5.10 Å². The molecule has 1 N–H and O–H groups in total. The summed E-state index contributed by atoms with van der Waals surface area (Å²) in [6.07, 6.45) is 3.66. The fourth-order valence-corrected chi connectivity index (χ4v) is 3.32. The fourth-order valence-electron chi connectivity index (χ4n) is 3.32. The van der Waals surface area contributed by atoms with Crippen LogP contribution < -0.4 is 4.90 Å². The second-order valence-electron chi connectivity index (χ2n) is 6.77. The number of nitrogens with zero attached hydrogens (tertiary/aromatic N) is 3. The summed E-state index contributed by atoms with van der Waals surface area (Å²) in [7, 11) is 0. The van der Waals surface area contributed by atoms with Gasteiger partial charge in [0.25, 0.3) is 0 Å². The van der Waals surface area contributed by atoms with E-state index in [0.29, 0.717) is 0 Å². The van der Waals surface area contributed by atoms with Crippen molar-refractivity contribution < 1.29 is 4.74 Å². The van der Waals surface area contributed by atoms with Crippen molar-refractivity contribution in [3.05, 3.63) is 78.6 Å². The quantitative estimate of drug-likeness (QED) is 0.740. The fraction of sp³-hybridized carbons (Fsp3) is 0.217. The van der Waals surface area contributed by atoms with Crippen molar-refractivity contribution in [2.24, 2.45) is 0 Å². The van der Waals surface area contributed by atoms with E-state index in [-0.39, 0.29) is 0 Å². The summed E-state index contributed by atoms with van der Waals surface area (Å²) >= 11 is 0. The maximum Gasteiger partial charge on any atom is 0.129 e. The van der Waals surface area contributed by atoms with Crippen LogP contribution in [-0.4, -0.2) is 41.5 Å². The van der Waals surface area contributed by atoms with Crippen LogP contribution in [0.5, 0.6) is 0 Å². The van der Waals surface area contributed by atoms with Crippen LogP contribution in [0.4, 0.5) is 5.82 Å². The Morgan fingerprint density at radius 1 is 0.857 bits per heavy atom. The first-order chi connectivity index (χ1) is 13.8. The van der Waals surface area contributed by atoms with Crippen molar-refractivity contribution >= 4 is 5.82 Å². The second kappa shape index (κ2) is 8.67. The van der Waals surface area contributed by atoms with Gasteiger partial charge in [0.2, 0.25) is 0 Å². The van der Waals surface area contributed by atoms with Gasteiger partial charge in [-0.1, -0.05) is 42.5 Å². The summed E-state index contributed by atoms with van der Waals surface area (Å²) in [5, 5.41) is 7.63. The predicted molar refractivity (Wildman–Crippen MR) is 113 cm³/mol. The number of ether oxygens (including phenoxy) is 1. The zero-order valence-corrected chi connectivity index (χ0v) is 16.0. The summed E-state index contributed by atoms with van der Waals surface area (Å²) in [5.41, 5.74) is 5.45. The first kappa shape index (κ1) is 18.2. The van der Waals surface area contributed by atoms with Crippen LogP contribution in [0.1, 0.15) is 5.56 Å². The number of anilines is 1. The number of pyridine rings is 1. The third-order valence-corrected chi connectivity index (χ3v) is 4.89. The normalized spacial score (nSPS) is 13.8. The molecule has 28 heavy (non-hydrogen) atoms. The molecule has 1 aromatic carbocycles. The SMILES string of the molecule is Cc1ccc(-c2ccccc2)ccn[nH]c1-c1ccnc(N2CCOCC2)c1. The van der Waals surface area contributed by atoms with Crippen LogP contribution in [0.2, 0.25) is 0 Å². The molecule has 1 aliphatic rings. The third-order valence-electron chi connectivity index (χ3n) is 4.89. The monoisotopic (exact) mass is 372 g/mol. The van der Waals surface area contributed by atoms with Crippen LogP contribution in [0.3, 0.4) is 0 Å². The molecule has 0 amide bonds. The number of benzene rings is 1. The van der Waals surface area contributed by atoms with E-state index in [4.69, 9.17) is 4.74 Å². The van der Waals surface area contributed by atoms with Crippen LogP contribution >= 0.6 is 0 Å². The second-order valence-corrected chi connectivity index (χ2v) is 6.77. The molecule has 5 nitrogen and oxygen atoms in total. The van der Waals surface area contributed by atoms with Crippen molar-refractivity contribution in [2.45, 2.75) is 6.92 Å². The Hall–Kier alpha value is -3.18. The number of hydrogen-bond donors (Lipinski definition) is 1. The lowest BCUT2D eigenvalue weighted by Crippen LogP contribution is -2.36. The summed E-state index contributed by atoms with van der Waals surface area (Å²) < 4.78 is 5.45. The molecule has 3 heterocycles. The Kier molecular flexibility index (Phi) is 5.64. The number of aromatic nitrogens is 3. The average Bonchev–Trinajstić information content (AvgIpc) is 2.86. The highest BCUT2D eigenvalue weighted by atomic mass is 16.5. The lowest BCUT2D eigenvalue weighted by atomic mass is 10.1. The van der Waals surface area contributed by atoms with E-state index in [1.54, 1.807) is 6.20 Å². The van der Waals surface area contributed by atoms with Crippen molar-refractivity contribution in [3.63, 3.8) is 0 Å². The van der Waals surface area contributed by atoms with Crippen molar-refractivity contribution in [3.8, 4) is 22.4 Å². The van der Waals surface area contributed by atoms with Crippen molar-refractivity contribution in [2.75, 3.05) is 31.2 Å². The Morgan fingerprint density at radius 3 is 2.43 bits per heavy atom. The third kappa shape index (κ3) is 4.21. The molecule has 5 heteroatoms. The molecule has 0 unspecified atom stereocenters. The number of rotatable bonds is 3. The van der Waals surface area contributed by atoms with Gasteiger partial charge in [0.05, 0.1) is 18.9 Å². The van der Waals surface area contributed by atoms with Crippen LogP contribution in [0.15, 0.2) is 73.1 Å². The van der Waals surface area contributed by atoms with E-state index >= 15 is 0 Å². The molecule has 4 rings (SSSR count). The Labute approximate surface area is 165 Å². The zero-order valence-electron chi connectivity index (χ0n) is 16.0. The topological polar surface area (TPSA) is 54.0 Å². The van der Waals surface area contributed by atoms with Crippen molar-refractivity contribution in [1.82, 2.24) is 15.2 Å². The minimum atomic E-state index is 0.743. The number of aromatic amines is 1. The number of nitrogens with one attached hydrogen (secondary N) is 1. The van der Waals surface area contributed by atoms with E-state index in [1.807, 2.05) is 36.5 Å². The van der Waals surface area contributed by atoms with Crippen LogP contribution in [-0.2, 0) is 4.74 Å². The minimum Gasteiger partial charge on any atom is -0.378 e. The highest BCUT2D eigenvalue weighted by molar-refractivity contribution is 5.67. The van der Waals surface area contributed by atoms with Crippen molar-refractivity contribution in [1.29, 1.82) is 0 Å². The summed E-state index contributed by atoms with van der Waals surface area (Å²) in [5.74, 6) is 0.971. The van der Waals surface area contributed by atoms with Gasteiger partial charge in [0, 0.05) is 31.0 Å². The molecule has 0 saturated carbocycles. The van der Waals surface area contributed by atoms with Gasteiger partial charge in [-0.05, 0) is 41.8 Å². The lowest BCUT2D eigenvalue weighted by molar-refractivity contribution is 0.122. The Balaban J connectivity index is 1.72. The standard InChI is InChI=1S/C23H24N4O/c1-18-7-8-20(19-5-3-2-4-6-19)10-12-25-26-23(18)21-9-11-24-22(17-21)27-13-15-28-16-14-27/h2-12,17,26H,13-16H2,1H3. The van der Waals surface area contributed by atoms with E-state index < -0.39 is 0 Å². The molecular formula is C23H24N4O. The molecule has 0 bridgehead atoms. The minimum absolute atomic E-state index is 0.743. The van der Waals surface area contributed by atoms with E-state index in [0.717, 1.165) is 54.5 Å². The predicted octanol–water partition coefficient (Wildman–Crippen LogP) is 4.41. The van der Waals surface area contributed by atoms with Crippen LogP contribution in [0.25, 0.3) is 22.4 Å². The number of morpholine rings is 1.